The van der Waals surface area contributed by atoms with E-state index in [1.807, 2.05) is 38.1 Å². The summed E-state index contributed by atoms with van der Waals surface area (Å²) in [4.78, 5) is 24.2. The number of benzene rings is 2. The molecule has 2 aromatic carbocycles. The molecule has 8 heteroatoms. The number of carbonyl (C=O) groups excluding carboxylic acids is 2. The highest BCUT2D eigenvalue weighted by atomic mass is 79.9. The van der Waals surface area contributed by atoms with E-state index in [-0.39, 0.29) is 10.7 Å². The Bertz CT molecular complexity index is 998. The summed E-state index contributed by atoms with van der Waals surface area (Å²) in [5, 5.41) is 4.82. The molecule has 1 aliphatic rings. The minimum absolute atomic E-state index is 0.00621. The van der Waals surface area contributed by atoms with Crippen LogP contribution in [0.2, 0.25) is 0 Å². The van der Waals surface area contributed by atoms with Crippen LogP contribution in [-0.2, 0) is 16.2 Å². The van der Waals surface area contributed by atoms with Crippen LogP contribution in [0.4, 0.5) is 0 Å². The van der Waals surface area contributed by atoms with Crippen LogP contribution >= 0.6 is 28.1 Å². The minimum atomic E-state index is -0.548. The zero-order valence-corrected chi connectivity index (χ0v) is 18.3. The molecule has 1 fully saturated rings. The topological polar surface area (TPSA) is 76.7 Å². The normalized spacial score (nSPS) is 13.6. The van der Waals surface area contributed by atoms with Crippen LogP contribution in [0.3, 0.4) is 0 Å². The fourth-order valence-electron chi connectivity index (χ4n) is 2.77. The molecule has 1 heterocycles. The highest BCUT2D eigenvalue weighted by Crippen LogP contribution is 2.38. The largest absolute Gasteiger partial charge is 0.490 e. The summed E-state index contributed by atoms with van der Waals surface area (Å²) >= 11 is 8.32. The van der Waals surface area contributed by atoms with Gasteiger partial charge < -0.3 is 9.47 Å². The van der Waals surface area contributed by atoms with Gasteiger partial charge in [0.15, 0.2) is 16.6 Å². The number of nitrogens with one attached hydrogen (secondary N) is 2. The minimum Gasteiger partial charge on any atom is -0.490 e. The standard InChI is InChI=1S/C21H19BrN2O4S/c1-3-27-17-10-13(8-15-19(25)23-21(29)24-20(15)26)9-16(22)18(17)28-11-14-7-5-4-6-12(14)2/h4-10H,3,11H2,1-2H3,(H2,23,24,25,26,29). The molecule has 0 radical (unpaired) electrons. The first kappa shape index (κ1) is 21.0. The van der Waals surface area contributed by atoms with Crippen LogP contribution in [0.25, 0.3) is 6.08 Å². The maximum atomic E-state index is 12.1. The van der Waals surface area contributed by atoms with Crippen LogP contribution in [0.15, 0.2) is 46.4 Å². The smallest absolute Gasteiger partial charge is 0.263 e. The average Bonchev–Trinajstić information content (AvgIpc) is 2.65. The summed E-state index contributed by atoms with van der Waals surface area (Å²) in [6.07, 6.45) is 1.48. The van der Waals surface area contributed by atoms with Crippen LogP contribution in [0, 0.1) is 6.92 Å². The van der Waals surface area contributed by atoms with Gasteiger partial charge in [0.25, 0.3) is 11.8 Å². The van der Waals surface area contributed by atoms with Crippen LogP contribution in [-0.4, -0.2) is 23.5 Å². The average molecular weight is 475 g/mol. The molecule has 2 amide bonds. The molecule has 150 valence electrons. The third-order valence-corrected chi connectivity index (χ3v) is 5.01. The molecule has 1 aliphatic heterocycles. The van der Waals surface area contributed by atoms with Crippen molar-refractivity contribution in [1.82, 2.24) is 10.6 Å². The summed E-state index contributed by atoms with van der Waals surface area (Å²) in [5.41, 5.74) is 2.77. The number of hydrogen-bond donors (Lipinski definition) is 2. The molecule has 2 aromatic rings. The van der Waals surface area contributed by atoms with Crippen LogP contribution in [0.5, 0.6) is 11.5 Å². The van der Waals surface area contributed by atoms with Crippen LogP contribution < -0.4 is 20.1 Å². The third-order valence-electron chi connectivity index (χ3n) is 4.22. The molecule has 3 rings (SSSR count). The first-order valence-corrected chi connectivity index (χ1v) is 10.1. The van der Waals surface area contributed by atoms with E-state index in [1.54, 1.807) is 12.1 Å². The first-order valence-electron chi connectivity index (χ1n) is 8.91. The second kappa shape index (κ2) is 9.19. The molecule has 6 nitrogen and oxygen atoms in total. The molecule has 0 spiro atoms. The molecule has 0 saturated carbocycles. The predicted octanol–water partition coefficient (Wildman–Crippen LogP) is 3.65. The van der Waals surface area contributed by atoms with Crippen molar-refractivity contribution in [2.45, 2.75) is 20.5 Å². The maximum absolute atomic E-state index is 12.1. The van der Waals surface area contributed by atoms with E-state index in [0.717, 1.165) is 11.1 Å². The van der Waals surface area contributed by atoms with Gasteiger partial charge in [-0.15, -0.1) is 0 Å². The molecule has 1 saturated heterocycles. The third kappa shape index (κ3) is 5.02. The van der Waals surface area contributed by atoms with Crippen molar-refractivity contribution in [2.75, 3.05) is 6.61 Å². The lowest BCUT2D eigenvalue weighted by atomic mass is 10.1. The molecule has 0 aromatic heterocycles. The van der Waals surface area contributed by atoms with Gasteiger partial charge in [0, 0.05) is 0 Å². The van der Waals surface area contributed by atoms with Gasteiger partial charge in [-0.3, -0.25) is 20.2 Å². The van der Waals surface area contributed by atoms with Crippen molar-refractivity contribution < 1.29 is 19.1 Å². The van der Waals surface area contributed by atoms with Gasteiger partial charge in [0.2, 0.25) is 0 Å². The van der Waals surface area contributed by atoms with Crippen molar-refractivity contribution in [2.24, 2.45) is 0 Å². The fourth-order valence-corrected chi connectivity index (χ4v) is 3.53. The highest BCUT2D eigenvalue weighted by molar-refractivity contribution is 9.10. The van der Waals surface area contributed by atoms with Gasteiger partial charge in [-0.05, 0) is 76.9 Å². The Morgan fingerprint density at radius 2 is 1.79 bits per heavy atom. The number of thiocarbonyl (C=S) groups is 1. The highest BCUT2D eigenvalue weighted by Gasteiger charge is 2.26. The Balaban J connectivity index is 1.91. The zero-order chi connectivity index (χ0) is 21.0. The monoisotopic (exact) mass is 474 g/mol. The van der Waals surface area contributed by atoms with Gasteiger partial charge >= 0.3 is 0 Å². The first-order chi connectivity index (χ1) is 13.9. The van der Waals surface area contributed by atoms with Crippen molar-refractivity contribution >= 4 is 51.2 Å². The number of aryl methyl sites for hydroxylation is 1. The van der Waals surface area contributed by atoms with E-state index in [4.69, 9.17) is 21.7 Å². The number of rotatable bonds is 6. The van der Waals surface area contributed by atoms with Crippen molar-refractivity contribution in [3.8, 4) is 11.5 Å². The van der Waals surface area contributed by atoms with Gasteiger partial charge in [0.1, 0.15) is 12.2 Å². The Labute approximate surface area is 182 Å². The Kier molecular flexibility index (Phi) is 6.66. The van der Waals surface area contributed by atoms with Crippen molar-refractivity contribution in [3.05, 3.63) is 63.1 Å². The summed E-state index contributed by atoms with van der Waals surface area (Å²) in [6, 6.07) is 11.5. The van der Waals surface area contributed by atoms with E-state index >= 15 is 0 Å². The van der Waals surface area contributed by atoms with E-state index < -0.39 is 11.8 Å². The quantitative estimate of drug-likeness (QED) is 0.379. The second-order valence-electron chi connectivity index (χ2n) is 6.27. The summed E-state index contributed by atoms with van der Waals surface area (Å²) in [7, 11) is 0. The maximum Gasteiger partial charge on any atom is 0.263 e. The van der Waals surface area contributed by atoms with Gasteiger partial charge in [-0.1, -0.05) is 24.3 Å². The van der Waals surface area contributed by atoms with Crippen LogP contribution in [0.1, 0.15) is 23.6 Å². The summed E-state index contributed by atoms with van der Waals surface area (Å²) in [6.45, 7) is 4.71. The second-order valence-corrected chi connectivity index (χ2v) is 7.54. The number of halogens is 1. The van der Waals surface area contributed by atoms with E-state index in [9.17, 15) is 9.59 Å². The number of carbonyl (C=O) groups is 2. The Morgan fingerprint density at radius 1 is 1.10 bits per heavy atom. The van der Waals surface area contributed by atoms with Gasteiger partial charge in [-0.2, -0.15) is 0 Å². The molecule has 0 aliphatic carbocycles. The molecule has 0 atom stereocenters. The summed E-state index contributed by atoms with van der Waals surface area (Å²) in [5.74, 6) is -0.0362. The molecule has 0 unspecified atom stereocenters. The Hall–Kier alpha value is -2.71. The predicted molar refractivity (Wildman–Crippen MR) is 118 cm³/mol. The lowest BCUT2D eigenvalue weighted by Gasteiger charge is -2.18. The summed E-state index contributed by atoms with van der Waals surface area (Å²) < 4.78 is 12.4. The Morgan fingerprint density at radius 3 is 2.45 bits per heavy atom. The number of amides is 2. The molecular formula is C21H19BrN2O4S. The van der Waals surface area contributed by atoms with Crippen molar-refractivity contribution in [3.63, 3.8) is 0 Å². The molecular weight excluding hydrogens is 456 g/mol. The zero-order valence-electron chi connectivity index (χ0n) is 15.9. The van der Waals surface area contributed by atoms with Gasteiger partial charge in [0.05, 0.1) is 11.1 Å². The lowest BCUT2D eigenvalue weighted by molar-refractivity contribution is -0.123. The van der Waals surface area contributed by atoms with Gasteiger partial charge in [-0.25, -0.2) is 0 Å². The molecule has 29 heavy (non-hydrogen) atoms. The number of hydrogen-bond acceptors (Lipinski definition) is 5. The molecule has 2 N–H and O–H groups in total. The SMILES string of the molecule is CCOc1cc(C=C2C(=O)NC(=S)NC2=O)cc(Br)c1OCc1ccccc1C. The van der Waals surface area contributed by atoms with E-state index in [0.29, 0.717) is 34.7 Å². The van der Waals surface area contributed by atoms with E-state index in [1.165, 1.54) is 6.08 Å². The van der Waals surface area contributed by atoms with E-state index in [2.05, 4.69) is 26.6 Å². The van der Waals surface area contributed by atoms with Crippen molar-refractivity contribution in [1.29, 1.82) is 0 Å². The molecule has 0 bridgehead atoms. The number of ether oxygens (including phenoxy) is 2. The fraction of sp³-hybridized carbons (Fsp3) is 0.190. The lowest BCUT2D eigenvalue weighted by Crippen LogP contribution is -2.51.